The Hall–Kier alpha value is -2.13. The Balaban J connectivity index is 2.00. The number of β-lactam (4-membered cyclic amide) rings is 1. The molecule has 3 atom stereocenters. The first-order chi connectivity index (χ1) is 9.70. The molecule has 2 aromatic rings. The van der Waals surface area contributed by atoms with Crippen LogP contribution in [0.1, 0.15) is 18.5 Å². The van der Waals surface area contributed by atoms with Gasteiger partial charge in [-0.15, -0.1) is 0 Å². The molecule has 0 spiro atoms. The summed E-state index contributed by atoms with van der Waals surface area (Å²) in [7, 11) is 0. The van der Waals surface area contributed by atoms with Gasteiger partial charge in [-0.1, -0.05) is 48.5 Å². The van der Waals surface area contributed by atoms with E-state index in [1.165, 1.54) is 0 Å². The normalized spacial score (nSPS) is 23.3. The summed E-state index contributed by atoms with van der Waals surface area (Å²) >= 11 is 0. The molecule has 1 heterocycles. The fraction of sp³-hybridized carbons (Fsp3) is 0.235. The number of nitrogens with zero attached hydrogens (tertiary/aromatic N) is 1. The van der Waals surface area contributed by atoms with E-state index in [9.17, 15) is 9.90 Å². The first-order valence-corrected chi connectivity index (χ1v) is 6.81. The van der Waals surface area contributed by atoms with Crippen LogP contribution in [-0.4, -0.2) is 17.1 Å². The Kier molecular flexibility index (Phi) is 3.28. The zero-order valence-electron chi connectivity index (χ0n) is 11.3. The number of benzene rings is 2. The average Bonchev–Trinajstić information content (AvgIpc) is 2.46. The molecule has 3 nitrogen and oxygen atoms in total. The number of anilines is 1. The minimum atomic E-state index is -0.646. The molecule has 1 aliphatic heterocycles. The smallest absolute Gasteiger partial charge is 0.235 e. The maximum absolute atomic E-state index is 12.4. The molecule has 0 aromatic heterocycles. The number of amides is 1. The highest BCUT2D eigenvalue weighted by atomic mass is 16.3. The summed E-state index contributed by atoms with van der Waals surface area (Å²) < 4.78 is 0. The van der Waals surface area contributed by atoms with E-state index in [1.807, 2.05) is 60.7 Å². The van der Waals surface area contributed by atoms with Crippen LogP contribution in [0, 0.1) is 5.92 Å². The Labute approximate surface area is 118 Å². The molecule has 1 fully saturated rings. The van der Waals surface area contributed by atoms with Gasteiger partial charge in [0.05, 0.1) is 18.1 Å². The molecule has 1 saturated heterocycles. The average molecular weight is 267 g/mol. The van der Waals surface area contributed by atoms with Gasteiger partial charge in [-0.25, -0.2) is 0 Å². The van der Waals surface area contributed by atoms with Crippen molar-refractivity contribution >= 4 is 11.6 Å². The summed E-state index contributed by atoms with van der Waals surface area (Å²) in [5, 5.41) is 9.89. The van der Waals surface area contributed by atoms with Gasteiger partial charge in [0, 0.05) is 5.69 Å². The van der Waals surface area contributed by atoms with E-state index in [0.29, 0.717) is 0 Å². The minimum Gasteiger partial charge on any atom is -0.392 e. The van der Waals surface area contributed by atoms with Gasteiger partial charge in [0.2, 0.25) is 5.91 Å². The van der Waals surface area contributed by atoms with Gasteiger partial charge in [-0.3, -0.25) is 4.79 Å². The van der Waals surface area contributed by atoms with E-state index in [-0.39, 0.29) is 17.9 Å². The predicted molar refractivity (Wildman–Crippen MR) is 78.3 cm³/mol. The summed E-state index contributed by atoms with van der Waals surface area (Å²) in [4.78, 5) is 14.1. The van der Waals surface area contributed by atoms with Crippen molar-refractivity contribution < 1.29 is 9.90 Å². The number of carbonyl (C=O) groups excluding carboxylic acids is 1. The largest absolute Gasteiger partial charge is 0.392 e. The van der Waals surface area contributed by atoms with Crippen molar-refractivity contribution in [3.8, 4) is 0 Å². The summed E-state index contributed by atoms with van der Waals surface area (Å²) in [5.74, 6) is -0.377. The van der Waals surface area contributed by atoms with Crippen molar-refractivity contribution in [3.63, 3.8) is 0 Å². The van der Waals surface area contributed by atoms with Crippen LogP contribution in [0.15, 0.2) is 60.7 Å². The molecule has 3 heteroatoms. The van der Waals surface area contributed by atoms with E-state index in [4.69, 9.17) is 0 Å². The van der Waals surface area contributed by atoms with Crippen LogP contribution in [0.5, 0.6) is 0 Å². The molecule has 102 valence electrons. The van der Waals surface area contributed by atoms with Gasteiger partial charge in [-0.05, 0) is 24.6 Å². The van der Waals surface area contributed by atoms with E-state index in [2.05, 4.69) is 0 Å². The van der Waals surface area contributed by atoms with Crippen LogP contribution in [0.4, 0.5) is 5.69 Å². The summed E-state index contributed by atoms with van der Waals surface area (Å²) in [6.45, 7) is 1.68. The fourth-order valence-electron chi connectivity index (χ4n) is 2.86. The van der Waals surface area contributed by atoms with Crippen LogP contribution in [-0.2, 0) is 4.79 Å². The third-order valence-corrected chi connectivity index (χ3v) is 3.84. The molecule has 1 amide bonds. The molecule has 1 N–H and O–H groups in total. The van der Waals surface area contributed by atoms with Gasteiger partial charge < -0.3 is 10.0 Å². The molecule has 3 rings (SSSR count). The van der Waals surface area contributed by atoms with Crippen LogP contribution in [0.3, 0.4) is 0 Å². The van der Waals surface area contributed by atoms with Crippen LogP contribution in [0.2, 0.25) is 0 Å². The van der Waals surface area contributed by atoms with Gasteiger partial charge >= 0.3 is 0 Å². The Morgan fingerprint density at radius 1 is 1.00 bits per heavy atom. The first kappa shape index (κ1) is 12.9. The SMILES string of the molecule is C[C@H](O)[C@@H]1C(=O)N(c2ccccc2)[C@@H]1c1ccccc1. The van der Waals surface area contributed by atoms with Crippen LogP contribution < -0.4 is 4.90 Å². The summed E-state index contributed by atoms with van der Waals surface area (Å²) in [6.07, 6.45) is -0.646. The zero-order chi connectivity index (χ0) is 14.1. The lowest BCUT2D eigenvalue weighted by atomic mass is 9.79. The molecular weight excluding hydrogens is 250 g/mol. The molecule has 0 radical (unpaired) electrons. The minimum absolute atomic E-state index is 0.0138. The highest BCUT2D eigenvalue weighted by Gasteiger charge is 2.50. The lowest BCUT2D eigenvalue weighted by Crippen LogP contribution is -2.58. The number of hydrogen-bond donors (Lipinski definition) is 1. The topological polar surface area (TPSA) is 40.5 Å². The van der Waals surface area contributed by atoms with Crippen molar-refractivity contribution in [1.29, 1.82) is 0 Å². The number of rotatable bonds is 3. The number of carbonyl (C=O) groups is 1. The van der Waals surface area contributed by atoms with Gasteiger partial charge in [0.1, 0.15) is 0 Å². The zero-order valence-corrected chi connectivity index (χ0v) is 11.3. The van der Waals surface area contributed by atoms with Crippen LogP contribution >= 0.6 is 0 Å². The van der Waals surface area contributed by atoms with Gasteiger partial charge in [0.15, 0.2) is 0 Å². The molecule has 0 bridgehead atoms. The molecule has 1 aliphatic rings. The van der Waals surface area contributed by atoms with Crippen molar-refractivity contribution in [1.82, 2.24) is 0 Å². The van der Waals surface area contributed by atoms with Crippen molar-refractivity contribution in [3.05, 3.63) is 66.2 Å². The second kappa shape index (κ2) is 5.10. The molecule has 20 heavy (non-hydrogen) atoms. The molecule has 0 unspecified atom stereocenters. The van der Waals surface area contributed by atoms with E-state index < -0.39 is 6.10 Å². The highest BCUT2D eigenvalue weighted by molar-refractivity contribution is 6.03. The van der Waals surface area contributed by atoms with Gasteiger partial charge in [-0.2, -0.15) is 0 Å². The second-order valence-electron chi connectivity index (χ2n) is 5.17. The highest BCUT2D eigenvalue weighted by Crippen LogP contribution is 2.44. The maximum atomic E-state index is 12.4. The van der Waals surface area contributed by atoms with Crippen molar-refractivity contribution in [2.45, 2.75) is 19.1 Å². The predicted octanol–water partition coefficient (Wildman–Crippen LogP) is 2.77. The summed E-state index contributed by atoms with van der Waals surface area (Å²) in [5.41, 5.74) is 1.94. The number of hydrogen-bond acceptors (Lipinski definition) is 2. The Morgan fingerprint density at radius 3 is 2.10 bits per heavy atom. The third kappa shape index (κ3) is 2.00. The van der Waals surface area contributed by atoms with E-state index in [0.717, 1.165) is 11.3 Å². The standard InChI is InChI=1S/C17H17NO2/c1-12(19)15-16(13-8-4-2-5-9-13)18(17(15)20)14-10-6-3-7-11-14/h2-12,15-16,19H,1H3/t12-,15-,16+/m0/s1. The quantitative estimate of drug-likeness (QED) is 0.869. The number of aliphatic hydroxyl groups excluding tert-OH is 1. The van der Waals surface area contributed by atoms with Crippen molar-refractivity contribution in [2.75, 3.05) is 4.90 Å². The molecule has 0 aliphatic carbocycles. The number of para-hydroxylation sites is 1. The van der Waals surface area contributed by atoms with E-state index in [1.54, 1.807) is 11.8 Å². The second-order valence-corrected chi connectivity index (χ2v) is 5.17. The molecule has 2 aromatic carbocycles. The molecule has 0 saturated carbocycles. The van der Waals surface area contributed by atoms with Crippen molar-refractivity contribution in [2.24, 2.45) is 5.92 Å². The maximum Gasteiger partial charge on any atom is 0.235 e. The first-order valence-electron chi connectivity index (χ1n) is 6.81. The third-order valence-electron chi connectivity index (χ3n) is 3.84. The lowest BCUT2D eigenvalue weighted by molar-refractivity contribution is -0.135. The van der Waals surface area contributed by atoms with E-state index >= 15 is 0 Å². The fourth-order valence-corrected chi connectivity index (χ4v) is 2.86. The number of aliphatic hydroxyl groups is 1. The monoisotopic (exact) mass is 267 g/mol. The molecular formula is C17H17NO2. The Bertz CT molecular complexity index is 595. The van der Waals surface area contributed by atoms with Crippen LogP contribution in [0.25, 0.3) is 0 Å². The lowest BCUT2D eigenvalue weighted by Gasteiger charge is -2.48. The summed E-state index contributed by atoms with van der Waals surface area (Å²) in [6, 6.07) is 19.4. The Morgan fingerprint density at radius 2 is 1.55 bits per heavy atom. The van der Waals surface area contributed by atoms with Gasteiger partial charge in [0.25, 0.3) is 0 Å².